The molecule has 0 bridgehead atoms. The summed E-state index contributed by atoms with van der Waals surface area (Å²) in [6, 6.07) is 5.26. The zero-order chi connectivity index (χ0) is 17.2. The van der Waals surface area contributed by atoms with Crippen LogP contribution in [0.25, 0.3) is 11.2 Å². The predicted molar refractivity (Wildman–Crippen MR) is 97.9 cm³/mol. The lowest BCUT2D eigenvalue weighted by Gasteiger charge is -2.28. The van der Waals surface area contributed by atoms with Crippen molar-refractivity contribution in [3.05, 3.63) is 40.6 Å². The number of anilines is 3. The lowest BCUT2D eigenvalue weighted by molar-refractivity contribution is 0.122. The summed E-state index contributed by atoms with van der Waals surface area (Å²) in [4.78, 5) is 19.9. The van der Waals surface area contributed by atoms with Crippen LogP contribution in [0.4, 0.5) is 17.5 Å². The minimum Gasteiger partial charge on any atom is -0.378 e. The molecule has 1 N–H and O–H groups in total. The van der Waals surface area contributed by atoms with Gasteiger partial charge in [0.2, 0.25) is 5.95 Å². The Hall–Kier alpha value is -2.22. The molecular formula is C16H14Cl2N6O. The van der Waals surface area contributed by atoms with Gasteiger partial charge in [-0.2, -0.15) is 9.97 Å². The average molecular weight is 377 g/mol. The SMILES string of the molecule is Clc1ccc(Nc2nc(N3CCOCC3)c3nccnc3n2)cc1Cl. The molecule has 1 fully saturated rings. The van der Waals surface area contributed by atoms with Gasteiger partial charge in [-0.25, -0.2) is 9.97 Å². The van der Waals surface area contributed by atoms with E-state index >= 15 is 0 Å². The van der Waals surface area contributed by atoms with Crippen LogP contribution >= 0.6 is 23.2 Å². The fourth-order valence-corrected chi connectivity index (χ4v) is 2.90. The highest BCUT2D eigenvalue weighted by Gasteiger charge is 2.19. The lowest BCUT2D eigenvalue weighted by Crippen LogP contribution is -2.37. The van der Waals surface area contributed by atoms with E-state index < -0.39 is 0 Å². The van der Waals surface area contributed by atoms with E-state index in [1.54, 1.807) is 24.5 Å². The topological polar surface area (TPSA) is 76.1 Å². The Morgan fingerprint density at radius 2 is 1.80 bits per heavy atom. The minimum absolute atomic E-state index is 0.424. The van der Waals surface area contributed by atoms with Gasteiger partial charge in [-0.05, 0) is 18.2 Å². The lowest BCUT2D eigenvalue weighted by atomic mass is 10.3. The van der Waals surface area contributed by atoms with Gasteiger partial charge in [-0.15, -0.1) is 0 Å². The normalized spacial score (nSPS) is 14.7. The Morgan fingerprint density at radius 1 is 1.00 bits per heavy atom. The Kier molecular flexibility index (Phi) is 4.52. The van der Waals surface area contributed by atoms with Crippen molar-refractivity contribution in [3.63, 3.8) is 0 Å². The quantitative estimate of drug-likeness (QED) is 0.751. The molecule has 2 aromatic heterocycles. The van der Waals surface area contributed by atoms with E-state index in [0.717, 1.165) is 24.6 Å². The summed E-state index contributed by atoms with van der Waals surface area (Å²) < 4.78 is 5.42. The Labute approximate surface area is 154 Å². The summed E-state index contributed by atoms with van der Waals surface area (Å²) in [7, 11) is 0. The second kappa shape index (κ2) is 6.95. The summed E-state index contributed by atoms with van der Waals surface area (Å²) >= 11 is 12.0. The van der Waals surface area contributed by atoms with Crippen molar-refractivity contribution in [3.8, 4) is 0 Å². The maximum absolute atomic E-state index is 6.07. The number of nitrogens with zero attached hydrogens (tertiary/aromatic N) is 5. The van der Waals surface area contributed by atoms with Crippen LogP contribution in [0, 0.1) is 0 Å². The number of fused-ring (bicyclic) bond motifs is 1. The van der Waals surface area contributed by atoms with Gasteiger partial charge in [-0.3, -0.25) is 0 Å². The molecule has 1 saturated heterocycles. The van der Waals surface area contributed by atoms with E-state index in [4.69, 9.17) is 27.9 Å². The Morgan fingerprint density at radius 3 is 2.60 bits per heavy atom. The molecule has 0 spiro atoms. The second-order valence-electron chi connectivity index (χ2n) is 5.45. The molecule has 0 unspecified atom stereocenters. The van der Waals surface area contributed by atoms with Gasteiger partial charge in [0.25, 0.3) is 0 Å². The summed E-state index contributed by atoms with van der Waals surface area (Å²) in [5.74, 6) is 1.16. The fourth-order valence-electron chi connectivity index (χ4n) is 2.60. The summed E-state index contributed by atoms with van der Waals surface area (Å²) in [6.45, 7) is 2.80. The van der Waals surface area contributed by atoms with Crippen molar-refractivity contribution in [2.75, 3.05) is 36.5 Å². The Bertz CT molecular complexity index is 916. The van der Waals surface area contributed by atoms with Crippen molar-refractivity contribution in [2.24, 2.45) is 0 Å². The molecule has 1 aliphatic rings. The molecule has 3 heterocycles. The van der Waals surface area contributed by atoms with Crippen LogP contribution in [0.3, 0.4) is 0 Å². The fraction of sp³-hybridized carbons (Fsp3) is 0.250. The smallest absolute Gasteiger partial charge is 0.231 e. The van der Waals surface area contributed by atoms with E-state index in [2.05, 4.69) is 30.2 Å². The maximum Gasteiger partial charge on any atom is 0.231 e. The monoisotopic (exact) mass is 376 g/mol. The number of ether oxygens (including phenoxy) is 1. The number of halogens is 2. The molecule has 7 nitrogen and oxygen atoms in total. The van der Waals surface area contributed by atoms with Crippen LogP contribution in [-0.2, 0) is 4.74 Å². The maximum atomic E-state index is 6.07. The van der Waals surface area contributed by atoms with Crippen molar-refractivity contribution in [1.29, 1.82) is 0 Å². The standard InChI is InChI=1S/C16H14Cl2N6O/c17-11-2-1-10(9-12(11)18)21-16-22-14-13(19-3-4-20-14)15(23-16)24-5-7-25-8-6-24/h1-4,9H,5-8H2,(H,20,21,22,23). The van der Waals surface area contributed by atoms with Gasteiger partial charge in [0.15, 0.2) is 17.0 Å². The Balaban J connectivity index is 1.74. The summed E-state index contributed by atoms with van der Waals surface area (Å²) in [5, 5.41) is 4.10. The van der Waals surface area contributed by atoms with Crippen molar-refractivity contribution in [2.45, 2.75) is 0 Å². The number of benzene rings is 1. The van der Waals surface area contributed by atoms with E-state index in [0.29, 0.717) is 40.4 Å². The molecular weight excluding hydrogens is 363 g/mol. The first-order valence-electron chi connectivity index (χ1n) is 7.74. The largest absolute Gasteiger partial charge is 0.378 e. The molecule has 0 atom stereocenters. The molecule has 9 heteroatoms. The van der Waals surface area contributed by atoms with E-state index in [1.807, 2.05) is 6.07 Å². The molecule has 0 amide bonds. The third kappa shape index (κ3) is 3.44. The molecule has 0 aliphatic carbocycles. The van der Waals surface area contributed by atoms with E-state index in [9.17, 15) is 0 Å². The molecule has 4 rings (SSSR count). The highest BCUT2D eigenvalue weighted by atomic mass is 35.5. The molecule has 0 radical (unpaired) electrons. The van der Waals surface area contributed by atoms with Crippen molar-refractivity contribution < 1.29 is 4.74 Å². The summed E-state index contributed by atoms with van der Waals surface area (Å²) in [6.07, 6.45) is 3.25. The van der Waals surface area contributed by atoms with Crippen LogP contribution in [0.1, 0.15) is 0 Å². The first-order valence-corrected chi connectivity index (χ1v) is 8.50. The third-order valence-electron chi connectivity index (χ3n) is 3.80. The zero-order valence-electron chi connectivity index (χ0n) is 13.1. The van der Waals surface area contributed by atoms with Crippen LogP contribution in [0.15, 0.2) is 30.6 Å². The molecule has 128 valence electrons. The first kappa shape index (κ1) is 16.3. The number of rotatable bonds is 3. The summed E-state index contributed by atoms with van der Waals surface area (Å²) in [5.41, 5.74) is 1.94. The minimum atomic E-state index is 0.424. The van der Waals surface area contributed by atoms with Gasteiger partial charge < -0.3 is 15.0 Å². The van der Waals surface area contributed by atoms with Gasteiger partial charge in [0, 0.05) is 31.2 Å². The number of aromatic nitrogens is 4. The van der Waals surface area contributed by atoms with Crippen LogP contribution in [0.5, 0.6) is 0 Å². The van der Waals surface area contributed by atoms with Gasteiger partial charge in [-0.1, -0.05) is 23.2 Å². The molecule has 25 heavy (non-hydrogen) atoms. The number of hydrogen-bond acceptors (Lipinski definition) is 7. The van der Waals surface area contributed by atoms with Gasteiger partial charge in [0.05, 0.1) is 23.3 Å². The van der Waals surface area contributed by atoms with Gasteiger partial charge in [0.1, 0.15) is 0 Å². The molecule has 0 saturated carbocycles. The molecule has 3 aromatic rings. The third-order valence-corrected chi connectivity index (χ3v) is 4.54. The van der Waals surface area contributed by atoms with Crippen LogP contribution in [0.2, 0.25) is 10.0 Å². The number of hydrogen-bond donors (Lipinski definition) is 1. The predicted octanol–water partition coefficient (Wildman–Crippen LogP) is 3.31. The van der Waals surface area contributed by atoms with E-state index in [1.165, 1.54) is 0 Å². The van der Waals surface area contributed by atoms with Crippen molar-refractivity contribution in [1.82, 2.24) is 19.9 Å². The van der Waals surface area contributed by atoms with Crippen LogP contribution in [-0.4, -0.2) is 46.2 Å². The molecule has 1 aromatic carbocycles. The van der Waals surface area contributed by atoms with Gasteiger partial charge >= 0.3 is 0 Å². The zero-order valence-corrected chi connectivity index (χ0v) is 14.6. The number of morpholine rings is 1. The average Bonchev–Trinajstić information content (AvgIpc) is 2.65. The molecule has 1 aliphatic heterocycles. The highest BCUT2D eigenvalue weighted by molar-refractivity contribution is 6.42. The van der Waals surface area contributed by atoms with Crippen molar-refractivity contribution >= 4 is 51.8 Å². The van der Waals surface area contributed by atoms with Crippen LogP contribution < -0.4 is 10.2 Å². The highest BCUT2D eigenvalue weighted by Crippen LogP contribution is 2.28. The number of nitrogens with one attached hydrogen (secondary N) is 1. The first-order chi connectivity index (χ1) is 12.2. The second-order valence-corrected chi connectivity index (χ2v) is 6.27. The van der Waals surface area contributed by atoms with E-state index in [-0.39, 0.29) is 0 Å².